The number of halogens is 5. The van der Waals surface area contributed by atoms with Gasteiger partial charge in [0.2, 0.25) is 5.91 Å². The van der Waals surface area contributed by atoms with Gasteiger partial charge in [-0.25, -0.2) is 0 Å². The van der Waals surface area contributed by atoms with Crippen LogP contribution in [0, 0.1) is 5.41 Å². The van der Waals surface area contributed by atoms with Crippen molar-refractivity contribution in [2.75, 3.05) is 5.32 Å². The smallest absolute Gasteiger partial charge is 0.324 e. The Bertz CT molecular complexity index is 592. The first kappa shape index (κ1) is 17.8. The molecule has 0 unspecified atom stereocenters. The minimum Gasteiger partial charge on any atom is -0.324 e. The Hall–Kier alpha value is -1.27. The number of nitrogens with one attached hydrogen (secondary N) is 1. The minimum atomic E-state index is -5.10. The van der Waals surface area contributed by atoms with E-state index in [4.69, 9.17) is 23.2 Å². The van der Waals surface area contributed by atoms with E-state index in [1.165, 1.54) is 0 Å². The molecule has 0 saturated heterocycles. The van der Waals surface area contributed by atoms with Crippen molar-refractivity contribution in [3.63, 3.8) is 0 Å². The second-order valence-electron chi connectivity index (χ2n) is 5.34. The molecular formula is C13H12Cl2F3NO2. The third-order valence-corrected chi connectivity index (χ3v) is 2.99. The van der Waals surface area contributed by atoms with Crippen LogP contribution in [0.4, 0.5) is 18.9 Å². The second kappa shape index (κ2) is 5.85. The average molecular weight is 342 g/mol. The number of Topliss-reactive ketones (excluding diaryl/α,β-unsaturated/α-hetero) is 1. The molecule has 116 valence electrons. The summed E-state index contributed by atoms with van der Waals surface area (Å²) in [5.41, 5.74) is -2.07. The third-order valence-electron chi connectivity index (χ3n) is 2.48. The molecule has 0 bridgehead atoms. The molecule has 0 spiro atoms. The Balaban J connectivity index is 3.38. The fraction of sp³-hybridized carbons (Fsp3) is 0.385. The molecule has 1 N–H and O–H groups in total. The first-order valence-corrected chi connectivity index (χ1v) is 6.51. The van der Waals surface area contributed by atoms with Gasteiger partial charge < -0.3 is 5.32 Å². The lowest BCUT2D eigenvalue weighted by Gasteiger charge is -2.20. The zero-order valence-corrected chi connectivity index (χ0v) is 12.9. The predicted molar refractivity (Wildman–Crippen MR) is 74.9 cm³/mol. The molecular weight excluding hydrogens is 330 g/mol. The topological polar surface area (TPSA) is 46.2 Å². The fourth-order valence-corrected chi connectivity index (χ4v) is 1.87. The van der Waals surface area contributed by atoms with Gasteiger partial charge in [-0.05, 0) is 12.1 Å². The van der Waals surface area contributed by atoms with E-state index in [1.807, 2.05) is 0 Å². The van der Waals surface area contributed by atoms with Crippen LogP contribution in [-0.4, -0.2) is 17.9 Å². The minimum absolute atomic E-state index is 0.138. The van der Waals surface area contributed by atoms with Crippen LogP contribution in [0.15, 0.2) is 12.1 Å². The first-order chi connectivity index (χ1) is 9.34. The van der Waals surface area contributed by atoms with E-state index >= 15 is 0 Å². The molecule has 1 aromatic carbocycles. The zero-order chi connectivity index (χ0) is 16.6. The monoisotopic (exact) mass is 341 g/mol. The molecule has 0 radical (unpaired) electrons. The van der Waals surface area contributed by atoms with Crippen LogP contribution in [0.2, 0.25) is 10.0 Å². The molecule has 1 amide bonds. The summed E-state index contributed by atoms with van der Waals surface area (Å²) in [5.74, 6) is -2.71. The highest BCUT2D eigenvalue weighted by Crippen LogP contribution is 2.35. The molecule has 21 heavy (non-hydrogen) atoms. The van der Waals surface area contributed by atoms with Crippen molar-refractivity contribution in [3.8, 4) is 0 Å². The van der Waals surface area contributed by atoms with Crippen LogP contribution in [0.1, 0.15) is 31.1 Å². The summed E-state index contributed by atoms with van der Waals surface area (Å²) in [6, 6.07) is 1.97. The third kappa shape index (κ3) is 4.35. The van der Waals surface area contributed by atoms with Gasteiger partial charge in [0.25, 0.3) is 5.78 Å². The van der Waals surface area contributed by atoms with Crippen molar-refractivity contribution in [1.29, 1.82) is 0 Å². The summed E-state index contributed by atoms with van der Waals surface area (Å²) in [5, 5.41) is 1.87. The van der Waals surface area contributed by atoms with Crippen LogP contribution in [0.25, 0.3) is 0 Å². The highest BCUT2D eigenvalue weighted by molar-refractivity contribution is 6.38. The summed E-state index contributed by atoms with van der Waals surface area (Å²) >= 11 is 11.4. The summed E-state index contributed by atoms with van der Waals surface area (Å²) in [6.45, 7) is 4.70. The van der Waals surface area contributed by atoms with Crippen molar-refractivity contribution >= 4 is 40.6 Å². The van der Waals surface area contributed by atoms with Gasteiger partial charge >= 0.3 is 6.18 Å². The van der Waals surface area contributed by atoms with Crippen molar-refractivity contribution < 1.29 is 22.8 Å². The summed E-state index contributed by atoms with van der Waals surface area (Å²) in [6.07, 6.45) is -5.10. The molecule has 0 aromatic heterocycles. The van der Waals surface area contributed by atoms with E-state index in [0.717, 1.165) is 12.1 Å². The largest absolute Gasteiger partial charge is 0.454 e. The maximum absolute atomic E-state index is 12.6. The Morgan fingerprint density at radius 1 is 1.10 bits per heavy atom. The fourth-order valence-electron chi connectivity index (χ4n) is 1.33. The second-order valence-corrected chi connectivity index (χ2v) is 6.18. The van der Waals surface area contributed by atoms with Crippen LogP contribution < -0.4 is 5.32 Å². The molecule has 0 heterocycles. The normalized spacial score (nSPS) is 12.2. The highest BCUT2D eigenvalue weighted by atomic mass is 35.5. The Labute approximate surface area is 129 Å². The van der Waals surface area contributed by atoms with E-state index in [2.05, 4.69) is 5.32 Å². The van der Waals surface area contributed by atoms with Gasteiger partial charge in [-0.3, -0.25) is 9.59 Å². The molecule has 0 atom stereocenters. The highest BCUT2D eigenvalue weighted by Gasteiger charge is 2.41. The number of carbonyl (C=O) groups is 2. The van der Waals surface area contributed by atoms with Gasteiger partial charge in [0, 0.05) is 10.4 Å². The maximum Gasteiger partial charge on any atom is 0.454 e. The van der Waals surface area contributed by atoms with Crippen LogP contribution in [0.3, 0.4) is 0 Å². The summed E-state index contributed by atoms with van der Waals surface area (Å²) in [4.78, 5) is 23.3. The Morgan fingerprint density at radius 2 is 1.62 bits per heavy atom. The van der Waals surface area contributed by atoms with E-state index in [1.54, 1.807) is 20.8 Å². The number of benzene rings is 1. The van der Waals surface area contributed by atoms with Crippen LogP contribution >= 0.6 is 23.2 Å². The number of hydrogen-bond acceptors (Lipinski definition) is 2. The zero-order valence-electron chi connectivity index (χ0n) is 11.4. The van der Waals surface area contributed by atoms with Gasteiger partial charge in [0.15, 0.2) is 0 Å². The summed E-state index contributed by atoms with van der Waals surface area (Å²) in [7, 11) is 0. The molecule has 1 rings (SSSR count). The number of rotatable bonds is 2. The lowest BCUT2D eigenvalue weighted by atomic mass is 9.95. The van der Waals surface area contributed by atoms with Crippen molar-refractivity contribution in [3.05, 3.63) is 27.7 Å². The number of alkyl halides is 3. The number of hydrogen-bond donors (Lipinski definition) is 1. The standard InChI is InChI=1S/C13H12Cl2F3NO2/c1-12(2,3)11(21)19-9-7(10(20)13(16,17)18)4-6(14)5-8(9)15/h4-5H,1-3H3,(H,19,21). The van der Waals surface area contributed by atoms with Crippen LogP contribution in [0.5, 0.6) is 0 Å². The Morgan fingerprint density at radius 3 is 2.05 bits per heavy atom. The van der Waals surface area contributed by atoms with E-state index in [0.29, 0.717) is 0 Å². The number of ketones is 1. The number of anilines is 1. The van der Waals surface area contributed by atoms with Gasteiger partial charge in [0.1, 0.15) is 0 Å². The molecule has 1 aromatic rings. The molecule has 0 saturated carbocycles. The number of carbonyl (C=O) groups excluding carboxylic acids is 2. The van der Waals surface area contributed by atoms with E-state index in [-0.39, 0.29) is 10.0 Å². The van der Waals surface area contributed by atoms with Gasteiger partial charge in [0.05, 0.1) is 16.3 Å². The lowest BCUT2D eigenvalue weighted by molar-refractivity contribution is -0.123. The van der Waals surface area contributed by atoms with Gasteiger partial charge in [-0.1, -0.05) is 44.0 Å². The lowest BCUT2D eigenvalue weighted by Crippen LogP contribution is -2.30. The first-order valence-electron chi connectivity index (χ1n) is 5.76. The average Bonchev–Trinajstić information content (AvgIpc) is 2.28. The molecule has 0 aliphatic heterocycles. The SMILES string of the molecule is CC(C)(C)C(=O)Nc1c(Cl)cc(Cl)cc1C(=O)C(F)(F)F. The molecule has 0 aliphatic carbocycles. The maximum atomic E-state index is 12.6. The van der Waals surface area contributed by atoms with E-state index in [9.17, 15) is 22.8 Å². The van der Waals surface area contributed by atoms with Crippen molar-refractivity contribution in [2.45, 2.75) is 26.9 Å². The van der Waals surface area contributed by atoms with E-state index < -0.39 is 34.5 Å². The predicted octanol–water partition coefficient (Wildman–Crippen LogP) is 4.72. The van der Waals surface area contributed by atoms with Crippen molar-refractivity contribution in [2.24, 2.45) is 5.41 Å². The van der Waals surface area contributed by atoms with Crippen molar-refractivity contribution in [1.82, 2.24) is 0 Å². The van der Waals surface area contributed by atoms with Gasteiger partial charge in [-0.15, -0.1) is 0 Å². The number of amides is 1. The molecule has 8 heteroatoms. The van der Waals surface area contributed by atoms with Gasteiger partial charge in [-0.2, -0.15) is 13.2 Å². The summed E-state index contributed by atoms with van der Waals surface area (Å²) < 4.78 is 37.8. The molecule has 0 fully saturated rings. The molecule has 0 aliphatic rings. The Kier molecular flexibility index (Phi) is 4.95. The quantitative estimate of drug-likeness (QED) is 0.791. The molecule has 3 nitrogen and oxygen atoms in total. The van der Waals surface area contributed by atoms with Crippen LogP contribution in [-0.2, 0) is 4.79 Å².